The van der Waals surface area contributed by atoms with Gasteiger partial charge in [0.05, 0.1) is 0 Å². The van der Waals surface area contributed by atoms with Crippen molar-refractivity contribution in [2.75, 3.05) is 21.2 Å². The second-order valence-corrected chi connectivity index (χ2v) is 4.08. The lowest BCUT2D eigenvalue weighted by Crippen LogP contribution is -2.22. The van der Waals surface area contributed by atoms with Gasteiger partial charge in [-0.15, -0.1) is 0 Å². The normalized spacial score (nSPS) is 13.3. The maximum atomic E-state index is 13.4. The van der Waals surface area contributed by atoms with E-state index in [1.807, 2.05) is 19.0 Å². The average Bonchev–Trinajstić information content (AvgIpc) is 2.14. The minimum Gasteiger partial charge on any atom is -0.362 e. The number of aryl methyl sites for hydroxylation is 1. The third-order valence-corrected chi connectivity index (χ3v) is 2.56. The second-order valence-electron chi connectivity index (χ2n) is 3.67. The van der Waals surface area contributed by atoms with Crippen molar-refractivity contribution in [2.45, 2.75) is 13.2 Å². The number of halogens is 2. The number of benzene rings is 1. The van der Waals surface area contributed by atoms with Crippen molar-refractivity contribution < 1.29 is 9.13 Å². The highest BCUT2D eigenvalue weighted by Crippen LogP contribution is 2.28. The Hall–Kier alpha value is -0.640. The molecular weight excluding hydrogens is 217 g/mol. The Morgan fingerprint density at radius 3 is 2.47 bits per heavy atom. The molecule has 0 radical (unpaired) electrons. The Morgan fingerprint density at radius 1 is 1.40 bits per heavy atom. The van der Waals surface area contributed by atoms with Crippen LogP contribution >= 0.6 is 11.6 Å². The summed E-state index contributed by atoms with van der Waals surface area (Å²) < 4.78 is 18.6. The van der Waals surface area contributed by atoms with Crippen LogP contribution in [0.5, 0.6) is 0 Å². The van der Waals surface area contributed by atoms with Gasteiger partial charge in [0.1, 0.15) is 12.0 Å². The maximum absolute atomic E-state index is 13.4. The van der Waals surface area contributed by atoms with Gasteiger partial charge in [-0.1, -0.05) is 11.6 Å². The van der Waals surface area contributed by atoms with Gasteiger partial charge in [0.2, 0.25) is 0 Å². The smallest absolute Gasteiger partial charge is 0.137 e. The first-order chi connectivity index (χ1) is 6.97. The van der Waals surface area contributed by atoms with Crippen LogP contribution in [0.1, 0.15) is 17.4 Å². The molecule has 4 heteroatoms. The molecular formula is C11H15ClFNO. The van der Waals surface area contributed by atoms with Crippen molar-refractivity contribution in [1.29, 1.82) is 0 Å². The van der Waals surface area contributed by atoms with Crippen LogP contribution in [0, 0.1) is 12.7 Å². The number of rotatable bonds is 3. The van der Waals surface area contributed by atoms with E-state index >= 15 is 0 Å². The van der Waals surface area contributed by atoms with E-state index in [1.165, 1.54) is 6.07 Å². The standard InChI is InChI=1S/C11H15ClFNO/c1-7-5-9(12)8(6-10(7)13)11(15-4)14(2)3/h5-6,11H,1-4H3. The van der Waals surface area contributed by atoms with Crippen LogP contribution in [-0.4, -0.2) is 26.1 Å². The van der Waals surface area contributed by atoms with Gasteiger partial charge < -0.3 is 4.74 Å². The predicted molar refractivity (Wildman–Crippen MR) is 59.6 cm³/mol. The van der Waals surface area contributed by atoms with E-state index in [4.69, 9.17) is 16.3 Å². The van der Waals surface area contributed by atoms with E-state index in [-0.39, 0.29) is 12.0 Å². The quantitative estimate of drug-likeness (QED) is 0.742. The van der Waals surface area contributed by atoms with Crippen molar-refractivity contribution in [1.82, 2.24) is 4.90 Å². The topological polar surface area (TPSA) is 12.5 Å². The lowest BCUT2D eigenvalue weighted by Gasteiger charge is -2.24. The zero-order valence-corrected chi connectivity index (χ0v) is 10.1. The average molecular weight is 232 g/mol. The fraction of sp³-hybridized carbons (Fsp3) is 0.455. The van der Waals surface area contributed by atoms with Crippen LogP contribution in [0.15, 0.2) is 12.1 Å². The molecule has 0 saturated carbocycles. The van der Waals surface area contributed by atoms with Crippen LogP contribution < -0.4 is 0 Å². The molecule has 0 heterocycles. The summed E-state index contributed by atoms with van der Waals surface area (Å²) in [5.41, 5.74) is 1.18. The van der Waals surface area contributed by atoms with Gasteiger partial charge in [0.25, 0.3) is 0 Å². The number of ether oxygens (including phenoxy) is 1. The minimum atomic E-state index is -0.326. The van der Waals surface area contributed by atoms with Crippen LogP contribution in [0.25, 0.3) is 0 Å². The molecule has 0 aliphatic rings. The van der Waals surface area contributed by atoms with Crippen LogP contribution in [0.4, 0.5) is 4.39 Å². The fourth-order valence-corrected chi connectivity index (χ4v) is 1.78. The SMILES string of the molecule is COC(c1cc(F)c(C)cc1Cl)N(C)C. The summed E-state index contributed by atoms with van der Waals surface area (Å²) >= 11 is 6.05. The number of nitrogens with zero attached hydrogens (tertiary/aromatic N) is 1. The van der Waals surface area contributed by atoms with Crippen molar-refractivity contribution in [3.8, 4) is 0 Å². The van der Waals surface area contributed by atoms with Gasteiger partial charge in [-0.05, 0) is 38.7 Å². The third kappa shape index (κ3) is 2.68. The number of methoxy groups -OCH3 is 1. The second kappa shape index (κ2) is 4.92. The number of hydrogen-bond acceptors (Lipinski definition) is 2. The fourth-order valence-electron chi connectivity index (χ4n) is 1.47. The molecule has 0 aliphatic carbocycles. The molecule has 1 atom stereocenters. The minimum absolute atomic E-state index is 0.265. The van der Waals surface area contributed by atoms with Crippen LogP contribution in [-0.2, 0) is 4.74 Å². The molecule has 1 aromatic carbocycles. The van der Waals surface area contributed by atoms with E-state index in [0.717, 1.165) is 0 Å². The zero-order valence-electron chi connectivity index (χ0n) is 9.34. The summed E-state index contributed by atoms with van der Waals surface area (Å²) in [6, 6.07) is 3.04. The van der Waals surface area contributed by atoms with Gasteiger partial charge in [-0.3, -0.25) is 4.90 Å². The first-order valence-electron chi connectivity index (χ1n) is 4.62. The van der Waals surface area contributed by atoms with Gasteiger partial charge in [-0.25, -0.2) is 4.39 Å². The summed E-state index contributed by atoms with van der Waals surface area (Å²) in [6.07, 6.45) is -0.326. The van der Waals surface area contributed by atoms with E-state index in [0.29, 0.717) is 16.1 Å². The molecule has 0 fully saturated rings. The Morgan fingerprint density at radius 2 is 2.00 bits per heavy atom. The van der Waals surface area contributed by atoms with Gasteiger partial charge >= 0.3 is 0 Å². The highest BCUT2D eigenvalue weighted by atomic mass is 35.5. The molecule has 1 rings (SSSR count). The molecule has 0 amide bonds. The van der Waals surface area contributed by atoms with Crippen molar-refractivity contribution in [3.05, 3.63) is 34.1 Å². The maximum Gasteiger partial charge on any atom is 0.137 e. The molecule has 1 unspecified atom stereocenters. The van der Waals surface area contributed by atoms with E-state index in [9.17, 15) is 4.39 Å². The van der Waals surface area contributed by atoms with Crippen molar-refractivity contribution >= 4 is 11.6 Å². The molecule has 15 heavy (non-hydrogen) atoms. The molecule has 0 saturated heterocycles. The predicted octanol–water partition coefficient (Wildman–Crippen LogP) is 2.99. The summed E-state index contributed by atoms with van der Waals surface area (Å²) in [6.45, 7) is 1.68. The lowest BCUT2D eigenvalue weighted by atomic mass is 10.1. The monoisotopic (exact) mass is 231 g/mol. The van der Waals surface area contributed by atoms with Gasteiger partial charge in [0, 0.05) is 17.7 Å². The van der Waals surface area contributed by atoms with Crippen molar-refractivity contribution in [2.24, 2.45) is 0 Å². The van der Waals surface area contributed by atoms with E-state index in [2.05, 4.69) is 0 Å². The molecule has 1 aromatic rings. The van der Waals surface area contributed by atoms with Gasteiger partial charge in [-0.2, -0.15) is 0 Å². The summed E-state index contributed by atoms with van der Waals surface area (Å²) in [4.78, 5) is 1.83. The van der Waals surface area contributed by atoms with Crippen LogP contribution in [0.2, 0.25) is 5.02 Å². The first-order valence-corrected chi connectivity index (χ1v) is 5.00. The van der Waals surface area contributed by atoms with E-state index in [1.54, 1.807) is 20.1 Å². The Kier molecular flexibility index (Phi) is 4.08. The third-order valence-electron chi connectivity index (χ3n) is 2.24. The molecule has 2 nitrogen and oxygen atoms in total. The Balaban J connectivity index is 3.18. The zero-order chi connectivity index (χ0) is 11.6. The van der Waals surface area contributed by atoms with E-state index < -0.39 is 0 Å². The van der Waals surface area contributed by atoms with Crippen LogP contribution in [0.3, 0.4) is 0 Å². The van der Waals surface area contributed by atoms with Crippen molar-refractivity contribution in [3.63, 3.8) is 0 Å². The Bertz CT molecular complexity index is 355. The largest absolute Gasteiger partial charge is 0.362 e. The highest BCUT2D eigenvalue weighted by Gasteiger charge is 2.17. The lowest BCUT2D eigenvalue weighted by molar-refractivity contribution is -0.00553. The first kappa shape index (κ1) is 12.4. The molecule has 0 spiro atoms. The molecule has 0 aliphatic heterocycles. The summed E-state index contributed by atoms with van der Waals surface area (Å²) in [7, 11) is 5.27. The summed E-state index contributed by atoms with van der Waals surface area (Å²) in [5.74, 6) is -0.265. The molecule has 0 aromatic heterocycles. The van der Waals surface area contributed by atoms with Gasteiger partial charge in [0.15, 0.2) is 0 Å². The number of hydrogen-bond donors (Lipinski definition) is 0. The molecule has 0 N–H and O–H groups in total. The Labute approximate surface area is 94.6 Å². The highest BCUT2D eigenvalue weighted by molar-refractivity contribution is 6.31. The molecule has 0 bridgehead atoms. The summed E-state index contributed by atoms with van der Waals surface area (Å²) in [5, 5.41) is 0.523. The molecule has 84 valence electrons.